The van der Waals surface area contributed by atoms with Crippen molar-refractivity contribution in [3.8, 4) is 11.3 Å². The van der Waals surface area contributed by atoms with Gasteiger partial charge < -0.3 is 9.15 Å². The highest BCUT2D eigenvalue weighted by atomic mass is 35.5. The third-order valence-electron chi connectivity index (χ3n) is 5.27. The summed E-state index contributed by atoms with van der Waals surface area (Å²) in [4.78, 5) is 32.0. The highest BCUT2D eigenvalue weighted by Gasteiger charge is 2.33. The SMILES string of the molecule is COC(=O)C1=C(C)N=c2s/c(=C\c3ccc(-c4ccc(Cl)cc4)o3)c(=O)n2C1c1cccs1. The van der Waals surface area contributed by atoms with E-state index in [1.807, 2.05) is 41.8 Å². The monoisotopic (exact) mass is 496 g/mol. The van der Waals surface area contributed by atoms with Gasteiger partial charge in [-0.25, -0.2) is 9.79 Å². The van der Waals surface area contributed by atoms with Crippen molar-refractivity contribution in [2.75, 3.05) is 7.11 Å². The number of hydrogen-bond donors (Lipinski definition) is 0. The molecular formula is C24H17ClN2O4S2. The molecule has 0 saturated carbocycles. The molecule has 0 fully saturated rings. The van der Waals surface area contributed by atoms with Crippen LogP contribution in [0, 0.1) is 0 Å². The second kappa shape index (κ2) is 8.62. The highest BCUT2D eigenvalue weighted by Crippen LogP contribution is 2.33. The van der Waals surface area contributed by atoms with Crippen LogP contribution in [0.5, 0.6) is 0 Å². The van der Waals surface area contributed by atoms with E-state index in [0.717, 1.165) is 10.4 Å². The Morgan fingerprint density at radius 3 is 2.70 bits per heavy atom. The van der Waals surface area contributed by atoms with Crippen molar-refractivity contribution in [2.45, 2.75) is 13.0 Å². The Morgan fingerprint density at radius 1 is 1.21 bits per heavy atom. The number of esters is 1. The lowest BCUT2D eigenvalue weighted by molar-refractivity contribution is -0.136. The normalized spacial score (nSPS) is 16.0. The molecule has 0 N–H and O–H groups in total. The first-order chi connectivity index (χ1) is 16.0. The van der Waals surface area contributed by atoms with Crippen LogP contribution in [0.4, 0.5) is 0 Å². The summed E-state index contributed by atoms with van der Waals surface area (Å²) in [5.74, 6) is 0.718. The van der Waals surface area contributed by atoms with Gasteiger partial charge in [0.2, 0.25) is 0 Å². The van der Waals surface area contributed by atoms with Gasteiger partial charge in [0.05, 0.1) is 22.9 Å². The molecule has 5 rings (SSSR count). The number of hydrogen-bond acceptors (Lipinski definition) is 7. The Morgan fingerprint density at radius 2 is 2.00 bits per heavy atom. The number of fused-ring (bicyclic) bond motifs is 1. The molecule has 1 atom stereocenters. The minimum Gasteiger partial charge on any atom is -0.466 e. The zero-order chi connectivity index (χ0) is 23.1. The number of allylic oxidation sites excluding steroid dienone is 1. The number of thiophene rings is 1. The predicted octanol–water partition coefficient (Wildman–Crippen LogP) is 4.38. The maximum atomic E-state index is 13.5. The fourth-order valence-electron chi connectivity index (χ4n) is 3.74. The van der Waals surface area contributed by atoms with E-state index in [-0.39, 0.29) is 5.56 Å². The molecule has 0 radical (unpaired) electrons. The molecular weight excluding hydrogens is 480 g/mol. The van der Waals surface area contributed by atoms with Crippen LogP contribution in [-0.4, -0.2) is 17.6 Å². The average molecular weight is 497 g/mol. The van der Waals surface area contributed by atoms with Crippen molar-refractivity contribution in [3.63, 3.8) is 0 Å². The van der Waals surface area contributed by atoms with Crippen LogP contribution in [0.1, 0.15) is 23.6 Å². The molecule has 0 bridgehead atoms. The Labute approximate surface area is 201 Å². The molecule has 0 amide bonds. The van der Waals surface area contributed by atoms with E-state index in [4.69, 9.17) is 20.8 Å². The number of methoxy groups -OCH3 is 1. The summed E-state index contributed by atoms with van der Waals surface area (Å²) in [6, 6.07) is 14.2. The number of aromatic nitrogens is 1. The molecule has 4 aromatic rings. The zero-order valence-electron chi connectivity index (χ0n) is 17.6. The number of furan rings is 1. The van der Waals surface area contributed by atoms with Crippen LogP contribution in [0.3, 0.4) is 0 Å². The standard InChI is InChI=1S/C24H17ClN2O4S2/c1-13-20(23(29)30-2)21(18-4-3-11-32-18)27-22(28)19(33-24(27)26-13)12-16-9-10-17(31-16)14-5-7-15(25)8-6-14/h3-12,21H,1-2H3/b19-12-. The fraction of sp³-hybridized carbons (Fsp3) is 0.125. The molecule has 1 aliphatic heterocycles. The van der Waals surface area contributed by atoms with E-state index in [9.17, 15) is 9.59 Å². The molecule has 1 aromatic carbocycles. The third-order valence-corrected chi connectivity index (χ3v) is 7.43. The van der Waals surface area contributed by atoms with Crippen molar-refractivity contribution < 1.29 is 13.9 Å². The Hall–Kier alpha value is -3.20. The van der Waals surface area contributed by atoms with Gasteiger partial charge in [0.25, 0.3) is 5.56 Å². The number of carbonyl (C=O) groups is 1. The van der Waals surface area contributed by atoms with E-state index < -0.39 is 12.0 Å². The molecule has 33 heavy (non-hydrogen) atoms. The molecule has 166 valence electrons. The second-order valence-corrected chi connectivity index (χ2v) is 9.72. The number of thiazole rings is 1. The molecule has 1 aliphatic rings. The van der Waals surface area contributed by atoms with Crippen molar-refractivity contribution in [1.29, 1.82) is 0 Å². The lowest BCUT2D eigenvalue weighted by Crippen LogP contribution is -2.39. The van der Waals surface area contributed by atoms with Gasteiger partial charge in [0, 0.05) is 21.5 Å². The minimum atomic E-state index is -0.586. The Bertz CT molecular complexity index is 1560. The fourth-order valence-corrected chi connectivity index (χ4v) is 5.71. The summed E-state index contributed by atoms with van der Waals surface area (Å²) in [5.41, 5.74) is 1.55. The largest absolute Gasteiger partial charge is 0.466 e. The highest BCUT2D eigenvalue weighted by molar-refractivity contribution is 7.10. The van der Waals surface area contributed by atoms with Crippen LogP contribution in [0.25, 0.3) is 17.4 Å². The quantitative estimate of drug-likeness (QED) is 0.393. The number of ether oxygens (including phenoxy) is 1. The van der Waals surface area contributed by atoms with Crippen LogP contribution < -0.4 is 14.9 Å². The van der Waals surface area contributed by atoms with Crippen LogP contribution in [0.15, 0.2) is 79.4 Å². The van der Waals surface area contributed by atoms with Gasteiger partial charge >= 0.3 is 5.97 Å². The minimum absolute atomic E-state index is 0.240. The Kier molecular flexibility index (Phi) is 5.65. The van der Waals surface area contributed by atoms with Crippen molar-refractivity contribution in [3.05, 3.63) is 101 Å². The molecule has 0 aliphatic carbocycles. The molecule has 6 nitrogen and oxygen atoms in total. The van der Waals surface area contributed by atoms with Crippen molar-refractivity contribution >= 4 is 46.3 Å². The van der Waals surface area contributed by atoms with Gasteiger partial charge in [-0.3, -0.25) is 9.36 Å². The Balaban J connectivity index is 1.62. The number of nitrogens with zero attached hydrogens (tertiary/aromatic N) is 2. The van der Waals surface area contributed by atoms with Gasteiger partial charge in [-0.05, 0) is 54.8 Å². The van der Waals surface area contributed by atoms with E-state index in [1.165, 1.54) is 29.8 Å². The van der Waals surface area contributed by atoms with Gasteiger partial charge in [-0.15, -0.1) is 11.3 Å². The first-order valence-electron chi connectivity index (χ1n) is 9.96. The maximum absolute atomic E-state index is 13.5. The van der Waals surface area contributed by atoms with Gasteiger partial charge in [0.1, 0.15) is 17.6 Å². The number of rotatable bonds is 4. The van der Waals surface area contributed by atoms with Gasteiger partial charge in [0.15, 0.2) is 4.80 Å². The average Bonchev–Trinajstić information content (AvgIpc) is 3.55. The smallest absolute Gasteiger partial charge is 0.338 e. The third kappa shape index (κ3) is 3.90. The van der Waals surface area contributed by atoms with Crippen LogP contribution in [-0.2, 0) is 9.53 Å². The first kappa shape index (κ1) is 21.6. The molecule has 4 heterocycles. The summed E-state index contributed by atoms with van der Waals surface area (Å²) in [6.45, 7) is 1.76. The van der Waals surface area contributed by atoms with E-state index in [0.29, 0.717) is 37.1 Å². The molecule has 3 aromatic heterocycles. The molecule has 0 spiro atoms. The summed E-state index contributed by atoms with van der Waals surface area (Å²) in [7, 11) is 1.33. The van der Waals surface area contributed by atoms with Crippen LogP contribution in [0.2, 0.25) is 5.02 Å². The summed E-state index contributed by atoms with van der Waals surface area (Å²) in [6.07, 6.45) is 1.70. The predicted molar refractivity (Wildman–Crippen MR) is 129 cm³/mol. The first-order valence-corrected chi connectivity index (χ1v) is 12.0. The zero-order valence-corrected chi connectivity index (χ0v) is 20.0. The van der Waals surface area contributed by atoms with Crippen LogP contribution >= 0.6 is 34.3 Å². The molecule has 0 saturated heterocycles. The van der Waals surface area contributed by atoms with Gasteiger partial charge in [-0.1, -0.05) is 29.0 Å². The molecule has 1 unspecified atom stereocenters. The molecule has 9 heteroatoms. The number of carbonyl (C=O) groups excluding carboxylic acids is 1. The van der Waals surface area contributed by atoms with E-state index in [2.05, 4.69) is 4.99 Å². The van der Waals surface area contributed by atoms with E-state index >= 15 is 0 Å². The topological polar surface area (TPSA) is 73.8 Å². The lowest BCUT2D eigenvalue weighted by Gasteiger charge is -2.22. The summed E-state index contributed by atoms with van der Waals surface area (Å²) >= 11 is 8.70. The van der Waals surface area contributed by atoms with E-state index in [1.54, 1.807) is 29.7 Å². The number of halogens is 1. The lowest BCUT2D eigenvalue weighted by atomic mass is 10.0. The van der Waals surface area contributed by atoms with Gasteiger partial charge in [-0.2, -0.15) is 0 Å². The summed E-state index contributed by atoms with van der Waals surface area (Å²) in [5, 5.41) is 2.56. The second-order valence-electron chi connectivity index (χ2n) is 7.30. The van der Waals surface area contributed by atoms with Crippen molar-refractivity contribution in [2.24, 2.45) is 4.99 Å². The number of benzene rings is 1. The summed E-state index contributed by atoms with van der Waals surface area (Å²) < 4.78 is 13.0. The van der Waals surface area contributed by atoms with Crippen molar-refractivity contribution in [1.82, 2.24) is 4.57 Å². The maximum Gasteiger partial charge on any atom is 0.338 e.